The zero-order valence-corrected chi connectivity index (χ0v) is 42.1. The molecule has 10 atom stereocenters. The fourth-order valence-electron chi connectivity index (χ4n) is 9.18. The van der Waals surface area contributed by atoms with Crippen molar-refractivity contribution in [3.63, 3.8) is 0 Å². The summed E-state index contributed by atoms with van der Waals surface area (Å²) in [5, 5.41) is 0. The van der Waals surface area contributed by atoms with Crippen molar-refractivity contribution in [3.8, 4) is 0 Å². The number of hydrogen-bond donors (Lipinski definition) is 0. The lowest BCUT2D eigenvalue weighted by Gasteiger charge is -2.50. The van der Waals surface area contributed by atoms with Gasteiger partial charge in [0.1, 0.15) is 55.1 Å². The standard InChI is InChI=1S/C64H66O11/c1-2-38-67-63-61(71-44-53-34-20-8-21-35-53)60(70-43-52-32-18-7-19-33-52)58(56(73-63)47-66-40-49-26-12-4-13-27-49)75-64-62(72-45-54-36-22-9-23-37-54)59(69-42-51-30-16-6-17-31-51)57(68-41-50-28-14-5-15-29-50)55(74-64)46-65-39-48-24-10-3-11-25-48/h3-38,55-64H,1,39-47H2/t55-,56-,57+,58-,59+,60+,61-,62-,63-,64+/m1/s1. The topological polar surface area (TPSA) is 102 Å². The highest BCUT2D eigenvalue weighted by Crippen LogP contribution is 2.37. The third-order valence-corrected chi connectivity index (χ3v) is 13.0. The van der Waals surface area contributed by atoms with Gasteiger partial charge in [0.25, 0.3) is 0 Å². The highest BCUT2D eigenvalue weighted by molar-refractivity contribution is 5.19. The lowest BCUT2D eigenvalue weighted by molar-refractivity contribution is -0.374. The SMILES string of the molecule is C=C=CO[C@@H]1O[C@H](COCc2ccccc2)[C@@H](O[C@@H]2O[C@H](COCc3ccccc3)[C@H](OCc3ccccc3)[C@H](OCc3ccccc3)[C@H]2OCc2ccccc2)[C@H](OCc2ccccc2)[C@H]1OCc1ccccc1. The molecule has 2 fully saturated rings. The van der Waals surface area contributed by atoms with E-state index in [0.29, 0.717) is 13.2 Å². The van der Waals surface area contributed by atoms with Crippen LogP contribution in [0.5, 0.6) is 0 Å². The maximum atomic E-state index is 7.53. The van der Waals surface area contributed by atoms with Gasteiger partial charge >= 0.3 is 0 Å². The Hall–Kier alpha value is -6.54. The minimum atomic E-state index is -1.12. The first-order chi connectivity index (χ1) is 37.2. The lowest BCUT2D eigenvalue weighted by atomic mass is 9.95. The van der Waals surface area contributed by atoms with Crippen LogP contribution < -0.4 is 0 Å². The van der Waals surface area contributed by atoms with E-state index in [4.69, 9.17) is 52.1 Å². The summed E-state index contributed by atoms with van der Waals surface area (Å²) in [6, 6.07) is 70.1. The molecule has 0 radical (unpaired) electrons. The Kier molecular flexibility index (Phi) is 20.6. The van der Waals surface area contributed by atoms with Crippen LogP contribution in [0.2, 0.25) is 0 Å². The van der Waals surface area contributed by atoms with Gasteiger partial charge in [0.15, 0.2) is 6.29 Å². The number of benzene rings is 7. The minimum absolute atomic E-state index is 0.0798. The summed E-state index contributed by atoms with van der Waals surface area (Å²) in [4.78, 5) is 0. The van der Waals surface area contributed by atoms with Crippen LogP contribution in [0.25, 0.3) is 0 Å². The second kappa shape index (κ2) is 28.9. The molecule has 0 unspecified atom stereocenters. The maximum Gasteiger partial charge on any atom is 0.229 e. The van der Waals surface area contributed by atoms with E-state index in [1.165, 1.54) is 6.26 Å². The van der Waals surface area contributed by atoms with E-state index in [0.717, 1.165) is 38.9 Å². The smallest absolute Gasteiger partial charge is 0.229 e. The molecule has 11 heteroatoms. The van der Waals surface area contributed by atoms with E-state index in [9.17, 15) is 0 Å². The third kappa shape index (κ3) is 16.0. The van der Waals surface area contributed by atoms with Crippen LogP contribution in [-0.2, 0) is 98.4 Å². The van der Waals surface area contributed by atoms with Crippen LogP contribution in [0.15, 0.2) is 231 Å². The lowest BCUT2D eigenvalue weighted by Crippen LogP contribution is -2.66. The molecule has 0 spiro atoms. The summed E-state index contributed by atoms with van der Waals surface area (Å²) in [5.74, 6) is 0. The molecule has 2 aliphatic rings. The molecule has 0 aliphatic carbocycles. The Balaban J connectivity index is 1.12. The molecule has 11 nitrogen and oxygen atoms in total. The first-order valence-electron chi connectivity index (χ1n) is 25.6. The van der Waals surface area contributed by atoms with E-state index in [1.807, 2.05) is 212 Å². The molecule has 9 rings (SSSR count). The zero-order valence-electron chi connectivity index (χ0n) is 42.1. The Morgan fingerprint density at radius 1 is 0.333 bits per heavy atom. The molecule has 75 heavy (non-hydrogen) atoms. The number of rotatable bonds is 27. The zero-order chi connectivity index (χ0) is 51.1. The van der Waals surface area contributed by atoms with Crippen LogP contribution in [0.4, 0.5) is 0 Å². The van der Waals surface area contributed by atoms with Gasteiger partial charge in [-0.1, -0.05) is 225 Å². The second-order valence-electron chi connectivity index (χ2n) is 18.5. The third-order valence-electron chi connectivity index (χ3n) is 13.0. The highest BCUT2D eigenvalue weighted by atomic mass is 16.8. The van der Waals surface area contributed by atoms with Crippen molar-refractivity contribution in [2.45, 2.75) is 108 Å². The van der Waals surface area contributed by atoms with E-state index in [-0.39, 0.29) is 46.2 Å². The van der Waals surface area contributed by atoms with Crippen LogP contribution in [0.3, 0.4) is 0 Å². The molecule has 2 aliphatic heterocycles. The van der Waals surface area contributed by atoms with Crippen LogP contribution >= 0.6 is 0 Å². The van der Waals surface area contributed by atoms with Gasteiger partial charge in [0.2, 0.25) is 6.29 Å². The molecule has 388 valence electrons. The van der Waals surface area contributed by atoms with Crippen molar-refractivity contribution < 1.29 is 52.1 Å². The quantitative estimate of drug-likeness (QED) is 0.0364. The summed E-state index contributed by atoms with van der Waals surface area (Å²) in [6.07, 6.45) is -7.26. The maximum absolute atomic E-state index is 7.53. The fraction of sp³-hybridized carbons (Fsp3) is 0.297. The fourth-order valence-corrected chi connectivity index (χ4v) is 9.18. The average Bonchev–Trinajstić information content (AvgIpc) is 3.47. The first-order valence-corrected chi connectivity index (χ1v) is 25.6. The van der Waals surface area contributed by atoms with Gasteiger partial charge in [0, 0.05) is 0 Å². The predicted octanol–water partition coefficient (Wildman–Crippen LogP) is 11.5. The summed E-state index contributed by atoms with van der Waals surface area (Å²) in [6.45, 7) is 5.83. The Bertz CT molecular complexity index is 2700. The van der Waals surface area contributed by atoms with Gasteiger partial charge in [0.05, 0.1) is 59.5 Å². The van der Waals surface area contributed by atoms with Crippen molar-refractivity contribution in [1.29, 1.82) is 0 Å². The predicted molar refractivity (Wildman–Crippen MR) is 284 cm³/mol. The van der Waals surface area contributed by atoms with Crippen molar-refractivity contribution in [1.82, 2.24) is 0 Å². The number of ether oxygens (including phenoxy) is 11. The van der Waals surface area contributed by atoms with Gasteiger partial charge in [-0.2, -0.15) is 0 Å². The summed E-state index contributed by atoms with van der Waals surface area (Å²) in [7, 11) is 0. The molecular weight excluding hydrogens is 945 g/mol. The molecule has 0 bridgehead atoms. The number of hydrogen-bond acceptors (Lipinski definition) is 11. The molecule has 0 aromatic heterocycles. The Labute approximate surface area is 441 Å². The first kappa shape index (κ1) is 53.3. The van der Waals surface area contributed by atoms with Crippen molar-refractivity contribution in [2.75, 3.05) is 13.2 Å². The largest absolute Gasteiger partial charge is 0.461 e. The molecule has 0 saturated carbocycles. The molecule has 2 saturated heterocycles. The van der Waals surface area contributed by atoms with Crippen molar-refractivity contribution >= 4 is 0 Å². The van der Waals surface area contributed by atoms with E-state index < -0.39 is 61.4 Å². The van der Waals surface area contributed by atoms with Crippen LogP contribution in [0.1, 0.15) is 38.9 Å². The van der Waals surface area contributed by atoms with Crippen molar-refractivity contribution in [3.05, 3.63) is 270 Å². The van der Waals surface area contributed by atoms with Crippen LogP contribution in [0, 0.1) is 0 Å². The monoisotopic (exact) mass is 1010 g/mol. The van der Waals surface area contributed by atoms with E-state index in [1.54, 1.807) is 0 Å². The molecule has 0 amide bonds. The normalized spacial score (nSPS) is 23.5. The minimum Gasteiger partial charge on any atom is -0.461 e. The Morgan fingerprint density at radius 3 is 0.973 bits per heavy atom. The van der Waals surface area contributed by atoms with E-state index >= 15 is 0 Å². The summed E-state index contributed by atoms with van der Waals surface area (Å²) >= 11 is 0. The molecule has 7 aromatic carbocycles. The summed E-state index contributed by atoms with van der Waals surface area (Å²) in [5.41, 5.74) is 9.58. The van der Waals surface area contributed by atoms with Gasteiger partial charge in [-0.05, 0) is 38.9 Å². The Morgan fingerprint density at radius 2 is 0.613 bits per heavy atom. The second-order valence-corrected chi connectivity index (χ2v) is 18.5. The molecular formula is C64H66O11. The molecule has 7 aromatic rings. The molecule has 0 N–H and O–H groups in total. The van der Waals surface area contributed by atoms with Gasteiger partial charge in [-0.25, -0.2) is 0 Å². The molecule has 2 heterocycles. The van der Waals surface area contributed by atoms with E-state index in [2.05, 4.69) is 12.3 Å². The van der Waals surface area contributed by atoms with Gasteiger partial charge < -0.3 is 52.1 Å². The van der Waals surface area contributed by atoms with Crippen molar-refractivity contribution in [2.24, 2.45) is 0 Å². The van der Waals surface area contributed by atoms with Gasteiger partial charge in [-0.15, -0.1) is 0 Å². The van der Waals surface area contributed by atoms with Crippen LogP contribution in [-0.4, -0.2) is 74.6 Å². The van der Waals surface area contributed by atoms with Gasteiger partial charge in [-0.3, -0.25) is 0 Å². The summed E-state index contributed by atoms with van der Waals surface area (Å²) < 4.78 is 76.3. The average molecular weight is 1010 g/mol. The highest BCUT2D eigenvalue weighted by Gasteiger charge is 2.55.